The average molecular weight is 605 g/mol. The molecule has 1 unspecified atom stereocenters. The molecular weight excluding hydrogens is 566 g/mol. The molecule has 0 aromatic heterocycles. The fourth-order valence-corrected chi connectivity index (χ4v) is 6.22. The maximum absolute atomic E-state index is 13.4. The summed E-state index contributed by atoms with van der Waals surface area (Å²) in [6.45, 7) is 4.32. The van der Waals surface area contributed by atoms with Gasteiger partial charge in [0.25, 0.3) is 0 Å². The van der Waals surface area contributed by atoms with Crippen molar-refractivity contribution in [2.24, 2.45) is 11.3 Å². The van der Waals surface area contributed by atoms with Crippen molar-refractivity contribution < 1.29 is 14.3 Å². The second-order valence-corrected chi connectivity index (χ2v) is 11.9. The minimum Gasteiger partial charge on any atom is -0.497 e. The Bertz CT molecular complexity index is 1080. The van der Waals surface area contributed by atoms with E-state index >= 15 is 0 Å². The van der Waals surface area contributed by atoms with Crippen LogP contribution in [0.5, 0.6) is 5.75 Å². The average Bonchev–Trinajstić information content (AvgIpc) is 3.17. The SMILES string of the molecule is COc1ccc(C(CCN2CCC3(CC2)CCN(Cc2ccc(Br)cc2)C3=O)NC(=O)C2CCC2)cc1.Cl. The number of halogens is 2. The largest absolute Gasteiger partial charge is 0.497 e. The Morgan fingerprint density at radius 3 is 2.32 bits per heavy atom. The summed E-state index contributed by atoms with van der Waals surface area (Å²) in [5.41, 5.74) is 2.11. The molecule has 1 N–H and O–H groups in total. The highest BCUT2D eigenvalue weighted by Crippen LogP contribution is 2.42. The topological polar surface area (TPSA) is 61.9 Å². The zero-order chi connectivity index (χ0) is 25.8. The number of nitrogens with zero attached hydrogens (tertiary/aromatic N) is 2. The van der Waals surface area contributed by atoms with Crippen molar-refractivity contribution in [3.63, 3.8) is 0 Å². The molecule has 5 rings (SSSR count). The predicted octanol–water partition coefficient (Wildman–Crippen LogP) is 5.74. The number of benzene rings is 2. The number of carbonyl (C=O) groups is 2. The Morgan fingerprint density at radius 1 is 1.05 bits per heavy atom. The van der Waals surface area contributed by atoms with Gasteiger partial charge in [-0.1, -0.05) is 46.6 Å². The monoisotopic (exact) mass is 603 g/mol. The third kappa shape index (κ3) is 6.54. The number of methoxy groups -OCH3 is 1. The van der Waals surface area contributed by atoms with Crippen LogP contribution in [0.3, 0.4) is 0 Å². The van der Waals surface area contributed by atoms with E-state index in [2.05, 4.69) is 55.3 Å². The lowest BCUT2D eigenvalue weighted by atomic mass is 9.77. The van der Waals surface area contributed by atoms with E-state index in [1.54, 1.807) is 7.11 Å². The van der Waals surface area contributed by atoms with Gasteiger partial charge in [-0.3, -0.25) is 9.59 Å². The first-order valence-corrected chi connectivity index (χ1v) is 14.5. The summed E-state index contributed by atoms with van der Waals surface area (Å²) >= 11 is 3.49. The van der Waals surface area contributed by atoms with E-state index in [0.29, 0.717) is 12.5 Å². The standard InChI is InChI=1S/C30H38BrN3O3.ClH/c1-37-26-11-7-23(8-12-26)27(32-28(35)24-3-2-4-24)13-17-33-18-14-30(15-19-33)16-20-34(29(30)36)21-22-5-9-25(31)10-6-22;/h5-12,24,27H,2-4,13-21H2,1H3,(H,32,35);1H. The third-order valence-corrected chi connectivity index (χ3v) is 9.27. The van der Waals surface area contributed by atoms with Crippen LogP contribution in [0.2, 0.25) is 0 Å². The molecule has 2 aromatic carbocycles. The molecule has 3 fully saturated rings. The Hall–Kier alpha value is -2.09. The molecule has 2 heterocycles. The number of likely N-dealkylation sites (tertiary alicyclic amines) is 2. The van der Waals surface area contributed by atoms with Crippen LogP contribution in [-0.4, -0.2) is 54.9 Å². The van der Waals surface area contributed by atoms with E-state index in [0.717, 1.165) is 86.9 Å². The van der Waals surface area contributed by atoms with Crippen molar-refractivity contribution in [2.45, 2.75) is 57.5 Å². The Labute approximate surface area is 241 Å². The highest BCUT2D eigenvalue weighted by atomic mass is 79.9. The lowest BCUT2D eigenvalue weighted by Gasteiger charge is -2.38. The van der Waals surface area contributed by atoms with Gasteiger partial charge in [-0.15, -0.1) is 12.4 Å². The van der Waals surface area contributed by atoms with Crippen LogP contribution in [0.4, 0.5) is 0 Å². The smallest absolute Gasteiger partial charge is 0.229 e. The van der Waals surface area contributed by atoms with Crippen LogP contribution in [0.15, 0.2) is 53.0 Å². The van der Waals surface area contributed by atoms with Crippen LogP contribution >= 0.6 is 28.3 Å². The highest BCUT2D eigenvalue weighted by molar-refractivity contribution is 9.10. The summed E-state index contributed by atoms with van der Waals surface area (Å²) in [4.78, 5) is 30.7. The molecule has 1 saturated carbocycles. The lowest BCUT2D eigenvalue weighted by molar-refractivity contribution is -0.139. The Kier molecular flexibility index (Phi) is 9.77. The maximum atomic E-state index is 13.4. The van der Waals surface area contributed by atoms with Gasteiger partial charge in [0.2, 0.25) is 11.8 Å². The second-order valence-electron chi connectivity index (χ2n) is 11.0. The van der Waals surface area contributed by atoms with Crippen molar-refractivity contribution in [3.05, 3.63) is 64.1 Å². The molecule has 2 amide bonds. The molecule has 2 aromatic rings. The van der Waals surface area contributed by atoms with Gasteiger partial charge >= 0.3 is 0 Å². The summed E-state index contributed by atoms with van der Waals surface area (Å²) < 4.78 is 6.38. The van der Waals surface area contributed by atoms with Crippen molar-refractivity contribution in [1.82, 2.24) is 15.1 Å². The van der Waals surface area contributed by atoms with Crippen LogP contribution in [0, 0.1) is 11.3 Å². The van der Waals surface area contributed by atoms with Gasteiger partial charge in [-0.25, -0.2) is 0 Å². The first kappa shape index (κ1) is 28.9. The number of hydrogen-bond donors (Lipinski definition) is 1. The number of amides is 2. The van der Waals surface area contributed by atoms with E-state index in [1.807, 2.05) is 24.3 Å². The fraction of sp³-hybridized carbons (Fsp3) is 0.533. The van der Waals surface area contributed by atoms with Gasteiger partial charge in [0.05, 0.1) is 18.6 Å². The molecule has 1 spiro atoms. The Morgan fingerprint density at radius 2 is 1.71 bits per heavy atom. The summed E-state index contributed by atoms with van der Waals surface area (Å²) in [6.07, 6.45) is 6.82. The number of ether oxygens (including phenoxy) is 1. The number of carbonyl (C=O) groups excluding carboxylic acids is 2. The van der Waals surface area contributed by atoms with Gasteiger partial charge in [-0.2, -0.15) is 0 Å². The number of hydrogen-bond acceptors (Lipinski definition) is 4. The van der Waals surface area contributed by atoms with Crippen molar-refractivity contribution in [2.75, 3.05) is 33.3 Å². The zero-order valence-corrected chi connectivity index (χ0v) is 24.6. The normalized spacial score (nSPS) is 20.1. The molecule has 1 aliphatic carbocycles. The minimum absolute atomic E-state index is 0. The van der Waals surface area contributed by atoms with Crippen LogP contribution < -0.4 is 10.1 Å². The van der Waals surface area contributed by atoms with E-state index in [-0.39, 0.29) is 35.7 Å². The molecule has 1 atom stereocenters. The van der Waals surface area contributed by atoms with Crippen LogP contribution in [0.1, 0.15) is 62.1 Å². The van der Waals surface area contributed by atoms with Gasteiger partial charge in [0.1, 0.15) is 5.75 Å². The van der Waals surface area contributed by atoms with Gasteiger partial charge in [0, 0.05) is 30.0 Å². The number of piperidine rings is 1. The zero-order valence-electron chi connectivity index (χ0n) is 22.2. The van der Waals surface area contributed by atoms with Crippen molar-refractivity contribution >= 4 is 40.2 Å². The molecule has 6 nitrogen and oxygen atoms in total. The summed E-state index contributed by atoms with van der Waals surface area (Å²) in [5.74, 6) is 1.51. The van der Waals surface area contributed by atoms with Crippen LogP contribution in [0.25, 0.3) is 0 Å². The third-order valence-electron chi connectivity index (χ3n) is 8.75. The molecule has 2 aliphatic heterocycles. The minimum atomic E-state index is -0.195. The van der Waals surface area contributed by atoms with Gasteiger partial charge < -0.3 is 19.9 Å². The van der Waals surface area contributed by atoms with Crippen molar-refractivity contribution in [1.29, 1.82) is 0 Å². The maximum Gasteiger partial charge on any atom is 0.229 e. The van der Waals surface area contributed by atoms with E-state index in [9.17, 15) is 9.59 Å². The summed E-state index contributed by atoms with van der Waals surface area (Å²) in [5, 5.41) is 3.33. The van der Waals surface area contributed by atoms with E-state index < -0.39 is 0 Å². The van der Waals surface area contributed by atoms with Gasteiger partial charge in [-0.05, 0) is 87.0 Å². The summed E-state index contributed by atoms with van der Waals surface area (Å²) in [7, 11) is 1.67. The van der Waals surface area contributed by atoms with E-state index in [1.165, 1.54) is 5.56 Å². The Balaban J connectivity index is 0.00000336. The molecule has 0 radical (unpaired) electrons. The highest BCUT2D eigenvalue weighted by Gasteiger charge is 2.47. The fourth-order valence-electron chi connectivity index (χ4n) is 5.95. The first-order chi connectivity index (χ1) is 18.0. The summed E-state index contributed by atoms with van der Waals surface area (Å²) in [6, 6.07) is 16.3. The number of rotatable bonds is 9. The molecule has 206 valence electrons. The predicted molar refractivity (Wildman–Crippen MR) is 155 cm³/mol. The molecule has 2 saturated heterocycles. The second kappa shape index (κ2) is 12.8. The molecule has 0 bridgehead atoms. The molecular formula is C30H39BrClN3O3. The first-order valence-electron chi connectivity index (χ1n) is 13.7. The van der Waals surface area contributed by atoms with Crippen molar-refractivity contribution in [3.8, 4) is 5.75 Å². The quantitative estimate of drug-likeness (QED) is 0.397. The van der Waals surface area contributed by atoms with Gasteiger partial charge in [0.15, 0.2) is 0 Å². The van der Waals surface area contributed by atoms with Crippen LogP contribution in [-0.2, 0) is 16.1 Å². The molecule has 8 heteroatoms. The van der Waals surface area contributed by atoms with E-state index in [4.69, 9.17) is 4.74 Å². The lowest BCUT2D eigenvalue weighted by Crippen LogP contribution is -2.45. The molecule has 38 heavy (non-hydrogen) atoms. The number of nitrogens with one attached hydrogen (secondary N) is 1. The molecule has 3 aliphatic rings.